The first-order chi connectivity index (χ1) is 14.5. The van der Waals surface area contributed by atoms with Crippen LogP contribution in [0.3, 0.4) is 0 Å². The van der Waals surface area contributed by atoms with Gasteiger partial charge >= 0.3 is 6.61 Å². The second-order valence-electron chi connectivity index (χ2n) is 6.09. The van der Waals surface area contributed by atoms with Gasteiger partial charge in [-0.2, -0.15) is 13.8 Å². The second kappa shape index (κ2) is 8.37. The molecule has 1 amide bonds. The number of carbonyl (C=O) groups excluding carboxylic acids is 1. The number of thiazole rings is 1. The summed E-state index contributed by atoms with van der Waals surface area (Å²) < 4.78 is 34.9. The monoisotopic (exact) mass is 428 g/mol. The number of nitrogens with zero attached hydrogens (tertiary/aromatic N) is 3. The predicted molar refractivity (Wildman–Crippen MR) is 107 cm³/mol. The number of hydrogen-bond donors (Lipinski definition) is 1. The Bertz CT molecular complexity index is 1170. The van der Waals surface area contributed by atoms with E-state index in [-0.39, 0.29) is 11.7 Å². The van der Waals surface area contributed by atoms with Crippen LogP contribution >= 0.6 is 11.3 Å². The van der Waals surface area contributed by atoms with Crippen molar-refractivity contribution in [2.45, 2.75) is 13.5 Å². The molecular formula is C20H14F2N4O3S. The van der Waals surface area contributed by atoms with E-state index in [0.29, 0.717) is 39.2 Å². The van der Waals surface area contributed by atoms with Crippen LogP contribution < -0.4 is 10.1 Å². The van der Waals surface area contributed by atoms with Gasteiger partial charge < -0.3 is 9.26 Å². The normalized spacial score (nSPS) is 10.9. The molecule has 4 rings (SSSR count). The molecule has 0 aliphatic carbocycles. The van der Waals surface area contributed by atoms with Crippen LogP contribution in [0.4, 0.5) is 13.9 Å². The molecule has 0 aliphatic heterocycles. The van der Waals surface area contributed by atoms with Crippen molar-refractivity contribution in [2.24, 2.45) is 0 Å². The van der Waals surface area contributed by atoms with E-state index in [1.807, 2.05) is 0 Å². The van der Waals surface area contributed by atoms with Crippen LogP contribution in [0.5, 0.6) is 5.75 Å². The van der Waals surface area contributed by atoms with E-state index in [4.69, 9.17) is 4.52 Å². The fraction of sp³-hybridized carbons (Fsp3) is 0.100. The Morgan fingerprint density at radius 2 is 1.90 bits per heavy atom. The molecule has 0 saturated heterocycles. The van der Waals surface area contributed by atoms with Gasteiger partial charge in [0.1, 0.15) is 5.75 Å². The number of aromatic nitrogens is 3. The Hall–Kier alpha value is -3.66. The first-order valence-corrected chi connectivity index (χ1v) is 9.59. The lowest BCUT2D eigenvalue weighted by molar-refractivity contribution is -0.0494. The molecule has 2 heterocycles. The van der Waals surface area contributed by atoms with Crippen molar-refractivity contribution < 1.29 is 22.8 Å². The number of para-hydroxylation sites is 1. The molecule has 0 spiro atoms. The van der Waals surface area contributed by atoms with Gasteiger partial charge in [-0.3, -0.25) is 10.1 Å². The zero-order chi connectivity index (χ0) is 21.1. The van der Waals surface area contributed by atoms with Crippen LogP contribution in [0.15, 0.2) is 58.4 Å². The van der Waals surface area contributed by atoms with Crippen molar-refractivity contribution in [3.63, 3.8) is 0 Å². The third-order valence-electron chi connectivity index (χ3n) is 4.03. The molecule has 7 nitrogen and oxygen atoms in total. The number of halogens is 2. The molecule has 0 bridgehead atoms. The van der Waals surface area contributed by atoms with E-state index in [1.54, 1.807) is 54.8 Å². The molecule has 30 heavy (non-hydrogen) atoms. The van der Waals surface area contributed by atoms with Crippen molar-refractivity contribution in [3.8, 4) is 28.5 Å². The number of alkyl halides is 2. The van der Waals surface area contributed by atoms with Gasteiger partial charge in [0.05, 0.1) is 5.69 Å². The molecule has 0 radical (unpaired) electrons. The maximum Gasteiger partial charge on any atom is 0.387 e. The standard InChI is InChI=1S/C20H14F2N4O3S/c1-11-23-18(29-26-11)13-8-6-12(7-9-13)17(27)25-20-24-15(10-30-20)14-4-2-3-5-16(14)28-19(21)22/h2-10,19H,1H3,(H,24,25,27). The highest BCUT2D eigenvalue weighted by Gasteiger charge is 2.15. The minimum atomic E-state index is -2.94. The van der Waals surface area contributed by atoms with Crippen LogP contribution in [0.2, 0.25) is 0 Å². The highest BCUT2D eigenvalue weighted by atomic mass is 32.1. The maximum atomic E-state index is 12.6. The zero-order valence-electron chi connectivity index (χ0n) is 15.5. The van der Waals surface area contributed by atoms with E-state index in [0.717, 1.165) is 0 Å². The summed E-state index contributed by atoms with van der Waals surface area (Å²) in [5.74, 6) is 0.546. The number of aryl methyl sites for hydroxylation is 1. The first kappa shape index (κ1) is 19.6. The average Bonchev–Trinajstić information content (AvgIpc) is 3.37. The lowest BCUT2D eigenvalue weighted by atomic mass is 10.1. The molecular weight excluding hydrogens is 414 g/mol. The number of rotatable bonds is 6. The largest absolute Gasteiger partial charge is 0.434 e. The molecule has 2 aromatic heterocycles. The predicted octanol–water partition coefficient (Wildman–Crippen LogP) is 5.02. The number of benzene rings is 2. The van der Waals surface area contributed by atoms with Crippen LogP contribution in [-0.4, -0.2) is 27.6 Å². The Balaban J connectivity index is 1.48. The van der Waals surface area contributed by atoms with Crippen molar-refractivity contribution in [1.82, 2.24) is 15.1 Å². The summed E-state index contributed by atoms with van der Waals surface area (Å²) in [7, 11) is 0. The van der Waals surface area contributed by atoms with Gasteiger partial charge in [0, 0.05) is 22.1 Å². The van der Waals surface area contributed by atoms with E-state index in [2.05, 4.69) is 25.2 Å². The number of carbonyl (C=O) groups is 1. The Morgan fingerprint density at radius 1 is 1.13 bits per heavy atom. The van der Waals surface area contributed by atoms with Gasteiger partial charge in [0.15, 0.2) is 11.0 Å². The molecule has 0 atom stereocenters. The number of hydrogen-bond acceptors (Lipinski definition) is 7. The van der Waals surface area contributed by atoms with Gasteiger partial charge in [0.25, 0.3) is 11.8 Å². The summed E-state index contributed by atoms with van der Waals surface area (Å²) in [5, 5.41) is 8.42. The molecule has 0 fully saturated rings. The maximum absolute atomic E-state index is 12.6. The van der Waals surface area contributed by atoms with Crippen molar-refractivity contribution in [1.29, 1.82) is 0 Å². The summed E-state index contributed by atoms with van der Waals surface area (Å²) in [4.78, 5) is 21.0. The summed E-state index contributed by atoms with van der Waals surface area (Å²) in [6.07, 6.45) is 0. The van der Waals surface area contributed by atoms with Gasteiger partial charge in [-0.15, -0.1) is 11.3 Å². The zero-order valence-corrected chi connectivity index (χ0v) is 16.3. The Kier molecular flexibility index (Phi) is 5.48. The number of nitrogens with one attached hydrogen (secondary N) is 1. The Labute approximate surface area is 173 Å². The second-order valence-corrected chi connectivity index (χ2v) is 6.95. The van der Waals surface area contributed by atoms with E-state index < -0.39 is 6.61 Å². The Morgan fingerprint density at radius 3 is 2.60 bits per heavy atom. The van der Waals surface area contributed by atoms with Crippen LogP contribution in [0.1, 0.15) is 16.2 Å². The van der Waals surface area contributed by atoms with Crippen LogP contribution in [-0.2, 0) is 0 Å². The highest BCUT2D eigenvalue weighted by molar-refractivity contribution is 7.14. The van der Waals surface area contributed by atoms with Crippen molar-refractivity contribution in [2.75, 3.05) is 5.32 Å². The lowest BCUT2D eigenvalue weighted by Crippen LogP contribution is -2.11. The molecule has 152 valence electrons. The van der Waals surface area contributed by atoms with E-state index in [9.17, 15) is 13.6 Å². The minimum Gasteiger partial charge on any atom is -0.434 e. The minimum absolute atomic E-state index is 0.0162. The summed E-state index contributed by atoms with van der Waals surface area (Å²) >= 11 is 1.18. The van der Waals surface area contributed by atoms with Crippen LogP contribution in [0, 0.1) is 6.92 Å². The van der Waals surface area contributed by atoms with Gasteiger partial charge in [0.2, 0.25) is 0 Å². The fourth-order valence-electron chi connectivity index (χ4n) is 2.68. The van der Waals surface area contributed by atoms with Gasteiger partial charge in [-0.1, -0.05) is 17.3 Å². The summed E-state index contributed by atoms with van der Waals surface area (Å²) in [5.41, 5.74) is 1.94. The van der Waals surface area contributed by atoms with Crippen molar-refractivity contribution >= 4 is 22.4 Å². The molecule has 0 aliphatic rings. The summed E-state index contributed by atoms with van der Waals surface area (Å²) in [6, 6.07) is 13.0. The molecule has 10 heteroatoms. The number of ether oxygens (including phenoxy) is 1. The van der Waals surface area contributed by atoms with E-state index in [1.165, 1.54) is 17.4 Å². The van der Waals surface area contributed by atoms with E-state index >= 15 is 0 Å². The fourth-order valence-corrected chi connectivity index (χ4v) is 3.39. The summed E-state index contributed by atoms with van der Waals surface area (Å²) in [6.45, 7) is -1.22. The quantitative estimate of drug-likeness (QED) is 0.464. The molecule has 4 aromatic rings. The van der Waals surface area contributed by atoms with Crippen molar-refractivity contribution in [3.05, 3.63) is 65.3 Å². The van der Waals surface area contributed by atoms with Crippen LogP contribution in [0.25, 0.3) is 22.7 Å². The highest BCUT2D eigenvalue weighted by Crippen LogP contribution is 2.33. The molecule has 2 aromatic carbocycles. The lowest BCUT2D eigenvalue weighted by Gasteiger charge is -2.08. The first-order valence-electron chi connectivity index (χ1n) is 8.71. The molecule has 1 N–H and O–H groups in total. The SMILES string of the molecule is Cc1noc(-c2ccc(C(=O)Nc3nc(-c4ccccc4OC(F)F)cs3)cc2)n1. The van der Waals surface area contributed by atoms with Gasteiger partial charge in [-0.25, -0.2) is 4.98 Å². The third kappa shape index (κ3) is 4.33. The smallest absolute Gasteiger partial charge is 0.387 e. The average molecular weight is 428 g/mol. The molecule has 0 unspecified atom stereocenters. The number of anilines is 1. The van der Waals surface area contributed by atoms with Gasteiger partial charge in [-0.05, 0) is 43.3 Å². The topological polar surface area (TPSA) is 90.1 Å². The third-order valence-corrected chi connectivity index (χ3v) is 4.78. The molecule has 0 saturated carbocycles. The number of amides is 1.